The molecule has 0 saturated carbocycles. The van der Waals surface area contributed by atoms with Crippen LogP contribution in [0.15, 0.2) is 4.90 Å². The van der Waals surface area contributed by atoms with Gasteiger partial charge >= 0.3 is 0 Å². The maximum absolute atomic E-state index is 12.0. The molecule has 0 amide bonds. The highest BCUT2D eigenvalue weighted by Crippen LogP contribution is 2.44. The molecule has 108 valence electrons. The van der Waals surface area contributed by atoms with Crippen molar-refractivity contribution in [1.29, 1.82) is 0 Å². The molecule has 5 heteroatoms. The lowest BCUT2D eigenvalue weighted by Crippen LogP contribution is -2.26. The molecule has 3 nitrogen and oxygen atoms in total. The lowest BCUT2D eigenvalue weighted by atomic mass is 10.2. The molecule has 1 rings (SSSR count). The number of ketones is 1. The number of thioether (sulfide) groups is 1. The van der Waals surface area contributed by atoms with Crippen LogP contribution in [0.25, 0.3) is 0 Å². The van der Waals surface area contributed by atoms with E-state index in [1.54, 1.807) is 23.1 Å². The van der Waals surface area contributed by atoms with Gasteiger partial charge in [0.25, 0.3) is 0 Å². The molecule has 0 aromatic carbocycles. The minimum Gasteiger partial charge on any atom is -0.396 e. The highest BCUT2D eigenvalue weighted by atomic mass is 32.2. The van der Waals surface area contributed by atoms with Crippen molar-refractivity contribution in [2.45, 2.75) is 39.0 Å². The zero-order valence-electron chi connectivity index (χ0n) is 12.4. The summed E-state index contributed by atoms with van der Waals surface area (Å²) in [5, 5.41) is 1.15. The van der Waals surface area contributed by atoms with E-state index in [-0.39, 0.29) is 5.78 Å². The average Bonchev–Trinajstić information content (AvgIpc) is 2.71. The van der Waals surface area contributed by atoms with Gasteiger partial charge in [0.1, 0.15) is 5.00 Å². The van der Waals surface area contributed by atoms with E-state index in [9.17, 15) is 4.79 Å². The van der Waals surface area contributed by atoms with Crippen molar-refractivity contribution in [1.82, 2.24) is 0 Å². The zero-order valence-corrected chi connectivity index (χ0v) is 14.1. The smallest absolute Gasteiger partial charge is 0.174 e. The summed E-state index contributed by atoms with van der Waals surface area (Å²) in [5.74, 6) is 0.730. The van der Waals surface area contributed by atoms with Crippen LogP contribution < -0.4 is 10.6 Å². The lowest BCUT2D eigenvalue weighted by molar-refractivity contribution is 0.0992. The van der Waals surface area contributed by atoms with Gasteiger partial charge in [-0.2, -0.15) is 0 Å². The van der Waals surface area contributed by atoms with E-state index < -0.39 is 0 Å². The number of carbonyl (C=O) groups is 1. The second kappa shape index (κ2) is 7.20. The normalized spacial score (nSPS) is 11.1. The predicted octanol–water partition coefficient (Wildman–Crippen LogP) is 4.13. The third-order valence-electron chi connectivity index (χ3n) is 2.92. The van der Waals surface area contributed by atoms with Gasteiger partial charge in [-0.25, -0.2) is 0 Å². The Bertz CT molecular complexity index is 441. The fourth-order valence-electron chi connectivity index (χ4n) is 1.99. The highest BCUT2D eigenvalue weighted by Gasteiger charge is 2.22. The summed E-state index contributed by atoms with van der Waals surface area (Å²) in [7, 11) is 0. The quantitative estimate of drug-likeness (QED) is 0.607. The minimum atomic E-state index is 0.143. The van der Waals surface area contributed by atoms with Gasteiger partial charge in [0.05, 0.1) is 15.5 Å². The number of hydrogen-bond donors (Lipinski definition) is 1. The van der Waals surface area contributed by atoms with E-state index in [1.165, 1.54) is 0 Å². The van der Waals surface area contributed by atoms with E-state index in [2.05, 4.69) is 25.7 Å². The lowest BCUT2D eigenvalue weighted by Gasteiger charge is -2.24. The molecule has 0 aliphatic rings. The van der Waals surface area contributed by atoms with Crippen LogP contribution >= 0.6 is 23.1 Å². The topological polar surface area (TPSA) is 46.3 Å². The standard InChI is InChI=1S/C14H24N2OS2/c1-6-10(17)12-11(15)13(18-5)14(19-12)16(7-2)8-9(3)4/h9H,6-8,15H2,1-5H3. The Balaban J connectivity index is 3.22. The number of carbonyl (C=O) groups excluding carboxylic acids is 1. The van der Waals surface area contributed by atoms with Gasteiger partial charge in [-0.3, -0.25) is 4.79 Å². The highest BCUT2D eigenvalue weighted by molar-refractivity contribution is 7.99. The van der Waals surface area contributed by atoms with Gasteiger partial charge in [0, 0.05) is 19.5 Å². The number of nitrogens with two attached hydrogens (primary N) is 1. The predicted molar refractivity (Wildman–Crippen MR) is 87.9 cm³/mol. The third-order valence-corrected chi connectivity index (χ3v) is 5.17. The second-order valence-electron chi connectivity index (χ2n) is 4.89. The molecule has 0 saturated heterocycles. The van der Waals surface area contributed by atoms with Gasteiger partial charge in [-0.15, -0.1) is 23.1 Å². The van der Waals surface area contributed by atoms with Gasteiger partial charge in [0.2, 0.25) is 0 Å². The van der Waals surface area contributed by atoms with Crippen molar-refractivity contribution in [3.8, 4) is 0 Å². The summed E-state index contributed by atoms with van der Waals surface area (Å²) < 4.78 is 0. The number of hydrogen-bond acceptors (Lipinski definition) is 5. The molecule has 1 heterocycles. The number of nitrogens with zero attached hydrogens (tertiary/aromatic N) is 1. The van der Waals surface area contributed by atoms with Crippen LogP contribution in [0.4, 0.5) is 10.7 Å². The molecule has 19 heavy (non-hydrogen) atoms. The van der Waals surface area contributed by atoms with Crippen molar-refractivity contribution >= 4 is 39.6 Å². The summed E-state index contributed by atoms with van der Waals surface area (Å²) in [6.07, 6.45) is 2.53. The molecular weight excluding hydrogens is 276 g/mol. The molecular formula is C14H24N2OS2. The summed E-state index contributed by atoms with van der Waals surface area (Å²) in [6, 6.07) is 0. The Labute approximate surface area is 124 Å². The second-order valence-corrected chi connectivity index (χ2v) is 6.71. The SMILES string of the molecule is CCC(=O)c1sc(N(CC)CC(C)C)c(SC)c1N. The van der Waals surface area contributed by atoms with Crippen molar-refractivity contribution in [3.63, 3.8) is 0 Å². The van der Waals surface area contributed by atoms with Gasteiger partial charge in [-0.1, -0.05) is 20.8 Å². The third kappa shape index (κ3) is 3.66. The molecule has 0 bridgehead atoms. The molecule has 0 spiro atoms. The van der Waals surface area contributed by atoms with Crippen LogP contribution in [0.5, 0.6) is 0 Å². The van der Waals surface area contributed by atoms with Crippen LogP contribution in [0.1, 0.15) is 43.8 Å². The molecule has 0 unspecified atom stereocenters. The van der Waals surface area contributed by atoms with Crippen molar-refractivity contribution in [2.24, 2.45) is 5.92 Å². The molecule has 0 aliphatic carbocycles. The molecule has 0 atom stereocenters. The summed E-state index contributed by atoms with van der Waals surface area (Å²) in [4.78, 5) is 16.1. The first-order chi connectivity index (χ1) is 8.96. The van der Waals surface area contributed by atoms with E-state index in [4.69, 9.17) is 5.73 Å². The van der Waals surface area contributed by atoms with Gasteiger partial charge < -0.3 is 10.6 Å². The van der Waals surface area contributed by atoms with Crippen molar-refractivity contribution < 1.29 is 4.79 Å². The maximum atomic E-state index is 12.0. The van der Waals surface area contributed by atoms with Crippen LogP contribution in [0.3, 0.4) is 0 Å². The first-order valence-corrected chi connectivity index (χ1v) is 8.74. The Morgan fingerprint density at radius 2 is 2.05 bits per heavy atom. The summed E-state index contributed by atoms with van der Waals surface area (Å²) >= 11 is 3.18. The number of Topliss-reactive ketones (excluding diaryl/α,β-unsaturated/α-hetero) is 1. The number of thiophene rings is 1. The fraction of sp³-hybridized carbons (Fsp3) is 0.643. The number of nitrogen functional groups attached to an aromatic ring is 1. The van der Waals surface area contributed by atoms with Crippen LogP contribution in [0.2, 0.25) is 0 Å². The first-order valence-electron chi connectivity index (χ1n) is 6.70. The summed E-state index contributed by atoms with van der Waals surface area (Å²) in [6.45, 7) is 10.4. The monoisotopic (exact) mass is 300 g/mol. The van der Waals surface area contributed by atoms with E-state index in [0.717, 1.165) is 27.9 Å². The van der Waals surface area contributed by atoms with Gasteiger partial charge in [0.15, 0.2) is 5.78 Å². The molecule has 2 N–H and O–H groups in total. The van der Waals surface area contributed by atoms with Crippen LogP contribution in [-0.4, -0.2) is 25.1 Å². The fourth-order valence-corrected chi connectivity index (χ4v) is 4.25. The minimum absolute atomic E-state index is 0.143. The number of anilines is 2. The number of rotatable bonds is 7. The Hall–Kier alpha value is -0.680. The van der Waals surface area contributed by atoms with Crippen molar-refractivity contribution in [2.75, 3.05) is 30.0 Å². The van der Waals surface area contributed by atoms with Crippen LogP contribution in [0, 0.1) is 5.92 Å². The Morgan fingerprint density at radius 3 is 2.47 bits per heavy atom. The van der Waals surface area contributed by atoms with Crippen LogP contribution in [-0.2, 0) is 0 Å². The molecule has 1 aromatic heterocycles. The maximum Gasteiger partial charge on any atom is 0.174 e. The van der Waals surface area contributed by atoms with E-state index >= 15 is 0 Å². The molecule has 0 fully saturated rings. The van der Waals surface area contributed by atoms with Gasteiger partial charge in [-0.05, 0) is 19.1 Å². The summed E-state index contributed by atoms with van der Waals surface area (Å²) in [5.41, 5.74) is 6.82. The van der Waals surface area contributed by atoms with Crippen molar-refractivity contribution in [3.05, 3.63) is 4.88 Å². The Morgan fingerprint density at radius 1 is 1.42 bits per heavy atom. The van der Waals surface area contributed by atoms with E-state index in [1.807, 2.05) is 13.2 Å². The molecule has 0 aliphatic heterocycles. The Kier molecular flexibility index (Phi) is 6.20. The zero-order chi connectivity index (χ0) is 14.6. The van der Waals surface area contributed by atoms with E-state index in [0.29, 0.717) is 18.0 Å². The first kappa shape index (κ1) is 16.4. The average molecular weight is 300 g/mol. The largest absolute Gasteiger partial charge is 0.396 e. The molecule has 0 radical (unpaired) electrons. The molecule has 1 aromatic rings.